The van der Waals surface area contributed by atoms with Crippen LogP contribution in [0.15, 0.2) is 30.3 Å². The van der Waals surface area contributed by atoms with Gasteiger partial charge in [-0.05, 0) is 24.3 Å². The number of carbonyl (C=O) groups is 4. The second-order valence-corrected chi connectivity index (χ2v) is 9.22. The van der Waals surface area contributed by atoms with Crippen molar-refractivity contribution in [2.24, 2.45) is 5.92 Å². The van der Waals surface area contributed by atoms with E-state index in [0.717, 1.165) is 5.56 Å². The SMILES string of the molecule is COCCOCCOCCC(NC(=O)[C@H](CC(C)C)NC(C)=O)C(=O)N[C@@H](Cc1ccccc1)C(=O)OC. The van der Waals surface area contributed by atoms with Crippen LogP contribution in [0, 0.1) is 5.92 Å². The lowest BCUT2D eigenvalue weighted by Gasteiger charge is -2.25. The summed E-state index contributed by atoms with van der Waals surface area (Å²) in [4.78, 5) is 50.5. The molecule has 1 aromatic carbocycles. The van der Waals surface area contributed by atoms with E-state index in [0.29, 0.717) is 32.8 Å². The Labute approximate surface area is 225 Å². The predicted octanol–water partition coefficient (Wildman–Crippen LogP) is 0.992. The second-order valence-electron chi connectivity index (χ2n) is 9.22. The molecule has 1 rings (SSSR count). The Kier molecular flexibility index (Phi) is 16.6. The van der Waals surface area contributed by atoms with Gasteiger partial charge in [-0.3, -0.25) is 14.4 Å². The monoisotopic (exact) mass is 537 g/mol. The maximum absolute atomic E-state index is 13.3. The molecule has 0 aliphatic carbocycles. The minimum atomic E-state index is -1.01. The molecule has 3 atom stereocenters. The van der Waals surface area contributed by atoms with Gasteiger partial charge in [0, 0.05) is 27.1 Å². The zero-order valence-electron chi connectivity index (χ0n) is 23.1. The normalized spacial score (nSPS) is 13.3. The molecule has 0 bridgehead atoms. The van der Waals surface area contributed by atoms with E-state index < -0.39 is 35.9 Å². The van der Waals surface area contributed by atoms with Gasteiger partial charge >= 0.3 is 5.97 Å². The summed E-state index contributed by atoms with van der Waals surface area (Å²) in [5, 5.41) is 8.08. The Bertz CT molecular complexity index is 850. The number of hydrogen-bond donors (Lipinski definition) is 3. The molecule has 1 aromatic rings. The van der Waals surface area contributed by atoms with Crippen molar-refractivity contribution >= 4 is 23.7 Å². The number of ether oxygens (including phenoxy) is 4. The van der Waals surface area contributed by atoms with Crippen molar-refractivity contribution in [3.63, 3.8) is 0 Å². The molecule has 0 saturated heterocycles. The molecule has 0 saturated carbocycles. The molecule has 0 radical (unpaired) electrons. The van der Waals surface area contributed by atoms with Crippen LogP contribution >= 0.6 is 0 Å². The van der Waals surface area contributed by atoms with E-state index in [1.54, 1.807) is 7.11 Å². The number of methoxy groups -OCH3 is 2. The first kappa shape index (κ1) is 33.0. The van der Waals surface area contributed by atoms with Crippen LogP contribution < -0.4 is 16.0 Å². The molecule has 3 amide bonds. The van der Waals surface area contributed by atoms with Crippen molar-refractivity contribution in [1.82, 2.24) is 16.0 Å². The van der Waals surface area contributed by atoms with Gasteiger partial charge in [-0.25, -0.2) is 4.79 Å². The summed E-state index contributed by atoms with van der Waals surface area (Å²) < 4.78 is 20.7. The molecule has 1 unspecified atom stereocenters. The zero-order chi connectivity index (χ0) is 28.3. The van der Waals surface area contributed by atoms with E-state index in [1.807, 2.05) is 44.2 Å². The molecule has 3 N–H and O–H groups in total. The lowest BCUT2D eigenvalue weighted by Crippen LogP contribution is -2.56. The van der Waals surface area contributed by atoms with Crippen LogP contribution in [0.5, 0.6) is 0 Å². The molecule has 38 heavy (non-hydrogen) atoms. The van der Waals surface area contributed by atoms with Crippen molar-refractivity contribution in [2.45, 2.75) is 58.2 Å². The van der Waals surface area contributed by atoms with Crippen LogP contribution in [0.3, 0.4) is 0 Å². The zero-order valence-corrected chi connectivity index (χ0v) is 23.1. The van der Waals surface area contributed by atoms with Crippen molar-refractivity contribution in [3.05, 3.63) is 35.9 Å². The molecule has 0 heterocycles. The number of benzene rings is 1. The fraction of sp³-hybridized carbons (Fsp3) is 0.630. The molecule has 0 aliphatic rings. The summed E-state index contributed by atoms with van der Waals surface area (Å²) in [7, 11) is 2.83. The largest absolute Gasteiger partial charge is 0.467 e. The highest BCUT2D eigenvalue weighted by molar-refractivity contribution is 5.93. The van der Waals surface area contributed by atoms with Crippen molar-refractivity contribution in [1.29, 1.82) is 0 Å². The fourth-order valence-corrected chi connectivity index (χ4v) is 3.61. The third-order valence-corrected chi connectivity index (χ3v) is 5.47. The predicted molar refractivity (Wildman–Crippen MR) is 141 cm³/mol. The van der Waals surface area contributed by atoms with Crippen LogP contribution in [0.4, 0.5) is 0 Å². The maximum atomic E-state index is 13.3. The molecule has 0 fully saturated rings. The first-order chi connectivity index (χ1) is 18.2. The number of carbonyl (C=O) groups excluding carboxylic acids is 4. The summed E-state index contributed by atoms with van der Waals surface area (Å²) in [5.74, 6) is -1.88. The summed E-state index contributed by atoms with van der Waals surface area (Å²) in [6.45, 7) is 6.92. The van der Waals surface area contributed by atoms with Crippen LogP contribution in [0.1, 0.15) is 39.2 Å². The molecule has 214 valence electrons. The van der Waals surface area contributed by atoms with Crippen LogP contribution in [0.2, 0.25) is 0 Å². The van der Waals surface area contributed by atoms with Gasteiger partial charge in [0.15, 0.2) is 0 Å². The topological polar surface area (TPSA) is 141 Å². The van der Waals surface area contributed by atoms with Gasteiger partial charge in [-0.15, -0.1) is 0 Å². The second kappa shape index (κ2) is 19.1. The molecule has 11 nitrogen and oxygen atoms in total. The number of hydrogen-bond acceptors (Lipinski definition) is 8. The average Bonchev–Trinajstić information content (AvgIpc) is 2.88. The van der Waals surface area contributed by atoms with Crippen molar-refractivity contribution in [2.75, 3.05) is 47.3 Å². The van der Waals surface area contributed by atoms with Gasteiger partial charge < -0.3 is 34.9 Å². The Morgan fingerprint density at radius 3 is 1.92 bits per heavy atom. The number of amides is 3. The lowest BCUT2D eigenvalue weighted by atomic mass is 10.0. The summed E-state index contributed by atoms with van der Waals surface area (Å²) in [5.41, 5.74) is 0.836. The molecule has 0 aromatic heterocycles. The number of esters is 1. The first-order valence-corrected chi connectivity index (χ1v) is 12.8. The summed E-state index contributed by atoms with van der Waals surface area (Å²) >= 11 is 0. The lowest BCUT2D eigenvalue weighted by molar-refractivity contribution is -0.145. The van der Waals surface area contributed by atoms with Gasteiger partial charge in [0.1, 0.15) is 18.1 Å². The van der Waals surface area contributed by atoms with Gasteiger partial charge in [0.25, 0.3) is 0 Å². The fourth-order valence-electron chi connectivity index (χ4n) is 3.61. The Hall–Kier alpha value is -3.02. The van der Waals surface area contributed by atoms with E-state index in [1.165, 1.54) is 14.0 Å². The van der Waals surface area contributed by atoms with Crippen LogP contribution in [-0.4, -0.2) is 89.1 Å². The van der Waals surface area contributed by atoms with Crippen LogP contribution in [0.25, 0.3) is 0 Å². The van der Waals surface area contributed by atoms with E-state index in [9.17, 15) is 19.2 Å². The third kappa shape index (κ3) is 14.1. The number of rotatable bonds is 19. The van der Waals surface area contributed by atoms with E-state index >= 15 is 0 Å². The molecular formula is C27H43N3O8. The third-order valence-electron chi connectivity index (χ3n) is 5.47. The van der Waals surface area contributed by atoms with Crippen molar-refractivity contribution < 1.29 is 38.1 Å². The standard InChI is InChI=1S/C27H43N3O8/c1-19(2)17-23(28-20(3)31)26(33)29-22(11-12-37-15-16-38-14-13-35-4)25(32)30-24(27(34)36-5)18-21-9-7-6-8-10-21/h6-10,19,22-24H,11-18H2,1-5H3,(H,28,31)(H,29,33)(H,30,32)/t22?,23-,24-/m0/s1. The summed E-state index contributed by atoms with van der Waals surface area (Å²) in [6.07, 6.45) is 0.758. The Morgan fingerprint density at radius 2 is 1.34 bits per heavy atom. The smallest absolute Gasteiger partial charge is 0.328 e. The quantitative estimate of drug-likeness (QED) is 0.175. The minimum absolute atomic E-state index is 0.126. The maximum Gasteiger partial charge on any atom is 0.328 e. The van der Waals surface area contributed by atoms with E-state index in [2.05, 4.69) is 16.0 Å². The highest BCUT2D eigenvalue weighted by Crippen LogP contribution is 2.08. The van der Waals surface area contributed by atoms with Gasteiger partial charge in [0.2, 0.25) is 17.7 Å². The van der Waals surface area contributed by atoms with Gasteiger partial charge in [-0.2, -0.15) is 0 Å². The number of nitrogens with one attached hydrogen (secondary N) is 3. The Balaban J connectivity index is 2.92. The van der Waals surface area contributed by atoms with Gasteiger partial charge in [-0.1, -0.05) is 44.2 Å². The van der Waals surface area contributed by atoms with Gasteiger partial charge in [0.05, 0.1) is 33.5 Å². The molecule has 11 heteroatoms. The molecule has 0 spiro atoms. The Morgan fingerprint density at radius 1 is 0.763 bits per heavy atom. The highest BCUT2D eigenvalue weighted by Gasteiger charge is 2.30. The van der Waals surface area contributed by atoms with Crippen molar-refractivity contribution in [3.8, 4) is 0 Å². The minimum Gasteiger partial charge on any atom is -0.467 e. The van der Waals surface area contributed by atoms with Crippen LogP contribution in [-0.2, 0) is 44.5 Å². The van der Waals surface area contributed by atoms with E-state index in [-0.39, 0.29) is 31.3 Å². The average molecular weight is 538 g/mol. The molecular weight excluding hydrogens is 494 g/mol. The van der Waals surface area contributed by atoms with E-state index in [4.69, 9.17) is 18.9 Å². The summed E-state index contributed by atoms with van der Waals surface area (Å²) in [6, 6.07) is 6.44. The molecule has 0 aliphatic heterocycles. The highest BCUT2D eigenvalue weighted by atomic mass is 16.5. The first-order valence-electron chi connectivity index (χ1n) is 12.8.